The smallest absolute Gasteiger partial charge is 0.248 e. The van der Waals surface area contributed by atoms with E-state index in [1.165, 1.54) is 43.1 Å². The average Bonchev–Trinajstić information content (AvgIpc) is 3.26. The van der Waals surface area contributed by atoms with Crippen molar-refractivity contribution in [2.24, 2.45) is 17.8 Å². The molecule has 3 heterocycles. The number of hydrogen-bond donors (Lipinski definition) is 0. The van der Waals surface area contributed by atoms with Gasteiger partial charge in [-0.05, 0) is 74.6 Å². The lowest BCUT2D eigenvalue weighted by Crippen LogP contribution is -2.49. The summed E-state index contributed by atoms with van der Waals surface area (Å²) in [4.78, 5) is 47.1. The molecule has 2 aliphatic heterocycles. The van der Waals surface area contributed by atoms with Gasteiger partial charge in [0.05, 0.1) is 17.0 Å². The van der Waals surface area contributed by atoms with Crippen LogP contribution in [0.2, 0.25) is 0 Å². The van der Waals surface area contributed by atoms with Crippen molar-refractivity contribution >= 4 is 28.8 Å². The summed E-state index contributed by atoms with van der Waals surface area (Å²) in [5.74, 6) is 0.743. The van der Waals surface area contributed by atoms with Crippen LogP contribution in [0.3, 0.4) is 0 Å². The van der Waals surface area contributed by atoms with Crippen molar-refractivity contribution in [3.05, 3.63) is 51.2 Å². The zero-order valence-electron chi connectivity index (χ0n) is 23.3. The summed E-state index contributed by atoms with van der Waals surface area (Å²) in [6, 6.07) is 6.83. The number of carbonyl (C=O) groups is 3. The molecule has 0 aliphatic carbocycles. The minimum Gasteiger partial charge on any atom is -0.375 e. The van der Waals surface area contributed by atoms with E-state index < -0.39 is 0 Å². The maximum absolute atomic E-state index is 13.3. The maximum atomic E-state index is 13.3. The number of rotatable bonds is 11. The molecule has 2 aromatic rings. The van der Waals surface area contributed by atoms with E-state index in [4.69, 9.17) is 4.74 Å². The zero-order valence-corrected chi connectivity index (χ0v) is 24.1. The summed E-state index contributed by atoms with van der Waals surface area (Å²) >= 11 is 1.31. The first-order chi connectivity index (χ1) is 18.7. The number of aryl methyl sites for hydroxylation is 1. The van der Waals surface area contributed by atoms with E-state index >= 15 is 0 Å². The molecule has 1 aromatic carbocycles. The summed E-state index contributed by atoms with van der Waals surface area (Å²) in [5.41, 5.74) is 1.85. The van der Waals surface area contributed by atoms with E-state index in [-0.39, 0.29) is 42.2 Å². The van der Waals surface area contributed by atoms with Crippen LogP contribution in [0.5, 0.6) is 0 Å². The number of benzene rings is 1. The number of piperidine rings is 2. The normalized spacial score (nSPS) is 22.2. The topological polar surface area (TPSA) is 79.8 Å². The van der Waals surface area contributed by atoms with Crippen LogP contribution >= 0.6 is 11.3 Å². The second-order valence-corrected chi connectivity index (χ2v) is 12.3. The maximum Gasteiger partial charge on any atom is 0.248 e. The van der Waals surface area contributed by atoms with Crippen molar-refractivity contribution in [3.63, 3.8) is 0 Å². The Hall–Kier alpha value is -2.49. The molecule has 1 aromatic heterocycles. The van der Waals surface area contributed by atoms with Crippen LogP contribution in [0.4, 0.5) is 4.39 Å². The summed E-state index contributed by atoms with van der Waals surface area (Å²) in [6.45, 7) is 7.56. The van der Waals surface area contributed by atoms with Crippen LogP contribution in [0.15, 0.2) is 24.3 Å². The Morgan fingerprint density at radius 2 is 1.87 bits per heavy atom. The first kappa shape index (κ1) is 29.5. The molecule has 2 saturated heterocycles. The third-order valence-corrected chi connectivity index (χ3v) is 9.30. The van der Waals surface area contributed by atoms with E-state index in [9.17, 15) is 18.8 Å². The first-order valence-electron chi connectivity index (χ1n) is 13.9. The summed E-state index contributed by atoms with van der Waals surface area (Å²) in [5, 5.41) is 0.682. The predicted octanol–water partition coefficient (Wildman–Crippen LogP) is 4.36. The van der Waals surface area contributed by atoms with Crippen molar-refractivity contribution in [1.82, 2.24) is 14.8 Å². The SMILES string of the molecule is COCC(=O)N1CC[C@@H](CN2CCC[C@@H](Cc3ccc(F)cc3)C2)[C@H](CC(=O)Cc2nc(C)c(C(C)=O)s2)C1. The van der Waals surface area contributed by atoms with E-state index in [1.54, 1.807) is 6.92 Å². The Kier molecular flexibility index (Phi) is 10.4. The summed E-state index contributed by atoms with van der Waals surface area (Å²) < 4.78 is 18.4. The quantitative estimate of drug-likeness (QED) is 0.382. The van der Waals surface area contributed by atoms with Crippen molar-refractivity contribution in [2.75, 3.05) is 46.4 Å². The lowest BCUT2D eigenvalue weighted by Gasteiger charge is -2.42. The van der Waals surface area contributed by atoms with Crippen LogP contribution in [0, 0.1) is 30.5 Å². The number of carbonyl (C=O) groups excluding carboxylic acids is 3. The minimum atomic E-state index is -0.204. The number of halogens is 1. The molecule has 0 bridgehead atoms. The van der Waals surface area contributed by atoms with Gasteiger partial charge >= 0.3 is 0 Å². The van der Waals surface area contributed by atoms with Crippen molar-refractivity contribution in [3.8, 4) is 0 Å². The molecule has 0 spiro atoms. The second kappa shape index (κ2) is 13.7. The Morgan fingerprint density at radius 1 is 1.10 bits per heavy atom. The van der Waals surface area contributed by atoms with Gasteiger partial charge in [-0.25, -0.2) is 9.37 Å². The lowest BCUT2D eigenvalue weighted by atomic mass is 9.80. The molecule has 212 valence electrons. The monoisotopic (exact) mass is 557 g/mol. The summed E-state index contributed by atoms with van der Waals surface area (Å²) in [7, 11) is 1.52. The van der Waals surface area contributed by atoms with Gasteiger partial charge in [0.2, 0.25) is 5.91 Å². The van der Waals surface area contributed by atoms with E-state index in [0.717, 1.165) is 45.3 Å². The molecule has 39 heavy (non-hydrogen) atoms. The Morgan fingerprint density at radius 3 is 2.56 bits per heavy atom. The van der Waals surface area contributed by atoms with Gasteiger partial charge in [-0.2, -0.15) is 0 Å². The number of amides is 1. The highest BCUT2D eigenvalue weighted by Gasteiger charge is 2.35. The molecule has 0 saturated carbocycles. The number of Topliss-reactive ketones (excluding diaryl/α,β-unsaturated/α-hetero) is 2. The van der Waals surface area contributed by atoms with Gasteiger partial charge in [0, 0.05) is 46.6 Å². The van der Waals surface area contributed by atoms with Crippen LogP contribution in [0.1, 0.15) is 58.5 Å². The zero-order chi connectivity index (χ0) is 27.9. The Balaban J connectivity index is 1.39. The fourth-order valence-electron chi connectivity index (χ4n) is 6.15. The lowest BCUT2D eigenvalue weighted by molar-refractivity contribution is -0.139. The van der Waals surface area contributed by atoms with Crippen LogP contribution in [-0.2, 0) is 27.2 Å². The van der Waals surface area contributed by atoms with Gasteiger partial charge in [-0.3, -0.25) is 14.4 Å². The van der Waals surface area contributed by atoms with Gasteiger partial charge in [-0.1, -0.05) is 12.1 Å². The van der Waals surface area contributed by atoms with Gasteiger partial charge in [0.1, 0.15) is 23.2 Å². The number of nitrogens with zero attached hydrogens (tertiary/aromatic N) is 3. The number of ketones is 2. The van der Waals surface area contributed by atoms with Crippen LogP contribution in [-0.4, -0.2) is 78.7 Å². The second-order valence-electron chi connectivity index (χ2n) is 11.2. The highest BCUT2D eigenvalue weighted by atomic mass is 32.1. The molecule has 4 rings (SSSR count). The van der Waals surface area contributed by atoms with Crippen molar-refractivity contribution in [1.29, 1.82) is 0 Å². The highest BCUT2D eigenvalue weighted by molar-refractivity contribution is 7.13. The first-order valence-corrected chi connectivity index (χ1v) is 14.8. The third-order valence-electron chi connectivity index (χ3n) is 8.04. The molecular weight excluding hydrogens is 517 g/mol. The fourth-order valence-corrected chi connectivity index (χ4v) is 7.14. The largest absolute Gasteiger partial charge is 0.375 e. The molecule has 0 N–H and O–H groups in total. The average molecular weight is 558 g/mol. The molecule has 3 atom stereocenters. The van der Waals surface area contributed by atoms with Gasteiger partial charge in [-0.15, -0.1) is 11.3 Å². The number of ether oxygens (including phenoxy) is 1. The van der Waals surface area contributed by atoms with Crippen molar-refractivity contribution < 1.29 is 23.5 Å². The minimum absolute atomic E-state index is 0.0254. The number of hydrogen-bond acceptors (Lipinski definition) is 7. The molecule has 0 radical (unpaired) electrons. The molecule has 2 fully saturated rings. The Labute approximate surface area is 234 Å². The van der Waals surface area contributed by atoms with Crippen LogP contribution in [0.25, 0.3) is 0 Å². The molecule has 7 nitrogen and oxygen atoms in total. The molecule has 1 amide bonds. The Bertz CT molecular complexity index is 1150. The number of thiazole rings is 1. The number of methoxy groups -OCH3 is 1. The van der Waals surface area contributed by atoms with E-state index in [1.807, 2.05) is 17.0 Å². The number of aromatic nitrogens is 1. The third kappa shape index (κ3) is 8.25. The molecule has 2 aliphatic rings. The van der Waals surface area contributed by atoms with Crippen molar-refractivity contribution in [2.45, 2.75) is 52.4 Å². The van der Waals surface area contributed by atoms with E-state index in [2.05, 4.69) is 9.88 Å². The summed E-state index contributed by atoms with van der Waals surface area (Å²) in [6.07, 6.45) is 4.70. The van der Waals surface area contributed by atoms with Crippen LogP contribution < -0.4 is 0 Å². The molecular formula is C30H40FN3O4S. The number of likely N-dealkylation sites (tertiary alicyclic amines) is 2. The fraction of sp³-hybridized carbons (Fsp3) is 0.600. The van der Waals surface area contributed by atoms with E-state index in [0.29, 0.717) is 46.9 Å². The van der Waals surface area contributed by atoms with Gasteiger partial charge in [0.15, 0.2) is 5.78 Å². The molecule has 0 unspecified atom stereocenters. The standard InChI is InChI=1S/C30H40FN3O4S/c1-20-30(21(2)35)39-28(32-20)15-27(36)14-25-18-34(29(37)19-38-3)12-10-24(25)17-33-11-4-5-23(16-33)13-22-6-8-26(31)9-7-22/h6-9,23-25H,4-5,10-19H2,1-3H3/t23-,24-,25+/m0/s1. The predicted molar refractivity (Wildman–Crippen MR) is 150 cm³/mol. The van der Waals surface area contributed by atoms with Gasteiger partial charge in [0.25, 0.3) is 0 Å². The highest BCUT2D eigenvalue weighted by Crippen LogP contribution is 2.31. The molecule has 9 heteroatoms. The van der Waals surface area contributed by atoms with Gasteiger partial charge < -0.3 is 14.5 Å².